The first-order chi connectivity index (χ1) is 10.7. The summed E-state index contributed by atoms with van der Waals surface area (Å²) in [6, 6.07) is 0.0386. The van der Waals surface area contributed by atoms with Crippen LogP contribution in [0.2, 0.25) is 0 Å². The van der Waals surface area contributed by atoms with Gasteiger partial charge in [-0.25, -0.2) is 4.79 Å². The number of carbonyl (C=O) groups excluding carboxylic acids is 1. The third kappa shape index (κ3) is 3.42. The van der Waals surface area contributed by atoms with Crippen LogP contribution in [0.25, 0.3) is 0 Å². The van der Waals surface area contributed by atoms with Crippen LogP contribution in [-0.4, -0.2) is 39.0 Å². The van der Waals surface area contributed by atoms with E-state index in [1.54, 1.807) is 4.68 Å². The van der Waals surface area contributed by atoms with Crippen molar-refractivity contribution < 1.29 is 4.79 Å². The molecule has 1 N–H and O–H groups in total. The van der Waals surface area contributed by atoms with E-state index < -0.39 is 0 Å². The molecule has 0 aromatic carbocycles. The van der Waals surface area contributed by atoms with E-state index in [1.807, 2.05) is 18.0 Å². The molecule has 122 valence electrons. The van der Waals surface area contributed by atoms with Gasteiger partial charge in [0.1, 0.15) is 5.69 Å². The van der Waals surface area contributed by atoms with Crippen molar-refractivity contribution in [2.24, 2.45) is 5.41 Å². The maximum Gasteiger partial charge on any atom is 0.317 e. The zero-order valence-corrected chi connectivity index (χ0v) is 13.6. The van der Waals surface area contributed by atoms with E-state index in [0.717, 1.165) is 25.3 Å². The lowest BCUT2D eigenvalue weighted by atomic mass is 9.68. The summed E-state index contributed by atoms with van der Waals surface area (Å²) in [6.07, 6.45) is 11.1. The lowest BCUT2D eigenvalue weighted by Gasteiger charge is -2.44. The number of aryl methyl sites for hydroxylation is 1. The Balaban J connectivity index is 1.45. The van der Waals surface area contributed by atoms with Gasteiger partial charge >= 0.3 is 6.03 Å². The number of likely N-dealkylation sites (tertiary alicyclic amines) is 1. The summed E-state index contributed by atoms with van der Waals surface area (Å²) in [6.45, 7) is 5.07. The fourth-order valence-corrected chi connectivity index (χ4v) is 3.84. The van der Waals surface area contributed by atoms with E-state index in [1.165, 1.54) is 44.9 Å². The van der Waals surface area contributed by atoms with Crippen molar-refractivity contribution >= 4 is 6.03 Å². The van der Waals surface area contributed by atoms with Crippen LogP contribution in [0, 0.1) is 5.41 Å². The molecule has 0 bridgehead atoms. The van der Waals surface area contributed by atoms with Crippen LogP contribution in [0.1, 0.15) is 57.6 Å². The second-order valence-corrected chi connectivity index (χ2v) is 6.77. The van der Waals surface area contributed by atoms with Gasteiger partial charge in [-0.2, -0.15) is 0 Å². The minimum Gasteiger partial charge on any atom is -0.332 e. The van der Waals surface area contributed by atoms with Crippen LogP contribution in [0.4, 0.5) is 4.79 Å². The molecule has 22 heavy (non-hydrogen) atoms. The molecule has 1 saturated heterocycles. The maximum atomic E-state index is 12.3. The first-order valence-electron chi connectivity index (χ1n) is 8.63. The second-order valence-electron chi connectivity index (χ2n) is 6.77. The largest absolute Gasteiger partial charge is 0.332 e. The van der Waals surface area contributed by atoms with Crippen molar-refractivity contribution in [3.63, 3.8) is 0 Å². The Morgan fingerprint density at radius 2 is 1.95 bits per heavy atom. The van der Waals surface area contributed by atoms with Crippen molar-refractivity contribution in [2.75, 3.05) is 13.1 Å². The van der Waals surface area contributed by atoms with Gasteiger partial charge in [-0.3, -0.25) is 4.68 Å². The fraction of sp³-hybridized carbons (Fsp3) is 0.812. The number of amides is 2. The van der Waals surface area contributed by atoms with Gasteiger partial charge in [0.25, 0.3) is 0 Å². The minimum atomic E-state index is 0.0386. The molecule has 1 aliphatic heterocycles. The molecular weight excluding hydrogens is 278 g/mol. The van der Waals surface area contributed by atoms with Gasteiger partial charge in [0.05, 0.1) is 12.7 Å². The highest BCUT2D eigenvalue weighted by Gasteiger charge is 2.36. The predicted molar refractivity (Wildman–Crippen MR) is 84.3 cm³/mol. The average molecular weight is 305 g/mol. The number of nitrogens with one attached hydrogen (secondary N) is 1. The maximum absolute atomic E-state index is 12.3. The Morgan fingerprint density at radius 1 is 1.23 bits per heavy atom. The molecule has 6 heteroatoms. The summed E-state index contributed by atoms with van der Waals surface area (Å²) < 4.78 is 1.77. The van der Waals surface area contributed by atoms with Crippen molar-refractivity contribution in [1.82, 2.24) is 25.2 Å². The molecule has 1 aliphatic carbocycles. The van der Waals surface area contributed by atoms with Gasteiger partial charge in [0.15, 0.2) is 0 Å². The Bertz CT molecular complexity index is 496. The Morgan fingerprint density at radius 3 is 2.59 bits per heavy atom. The normalized spacial score (nSPS) is 21.0. The molecule has 1 saturated carbocycles. The molecule has 2 heterocycles. The number of hydrogen-bond donors (Lipinski definition) is 1. The molecule has 0 unspecified atom stereocenters. The van der Waals surface area contributed by atoms with Gasteiger partial charge in [-0.1, -0.05) is 24.5 Å². The average Bonchev–Trinajstić information content (AvgIpc) is 3.02. The number of urea groups is 1. The molecule has 2 aliphatic rings. The molecule has 6 nitrogen and oxygen atoms in total. The predicted octanol–water partition coefficient (Wildman–Crippen LogP) is 2.55. The highest BCUT2D eigenvalue weighted by molar-refractivity contribution is 5.74. The monoisotopic (exact) mass is 305 g/mol. The zero-order valence-electron chi connectivity index (χ0n) is 13.6. The standard InChI is InChI=1S/C16H27N5O/c1-2-21-13-14(18-19-21)12-17-15(22)20-10-8-16(9-11-20)6-4-3-5-7-16/h13H,2-12H2,1H3,(H,17,22). The zero-order chi connectivity index (χ0) is 15.4. The number of nitrogens with zero attached hydrogens (tertiary/aromatic N) is 4. The highest BCUT2D eigenvalue weighted by Crippen LogP contribution is 2.44. The van der Waals surface area contributed by atoms with E-state index >= 15 is 0 Å². The third-order valence-electron chi connectivity index (χ3n) is 5.36. The molecule has 0 atom stereocenters. The molecule has 2 fully saturated rings. The van der Waals surface area contributed by atoms with Crippen LogP contribution in [0.5, 0.6) is 0 Å². The Kier molecular flexibility index (Phi) is 4.64. The first-order valence-corrected chi connectivity index (χ1v) is 8.63. The van der Waals surface area contributed by atoms with Crippen LogP contribution in [0.15, 0.2) is 6.20 Å². The number of hydrogen-bond acceptors (Lipinski definition) is 3. The summed E-state index contributed by atoms with van der Waals surface area (Å²) >= 11 is 0. The molecule has 2 amide bonds. The summed E-state index contributed by atoms with van der Waals surface area (Å²) in [5.41, 5.74) is 1.36. The van der Waals surface area contributed by atoms with Gasteiger partial charge < -0.3 is 10.2 Å². The van der Waals surface area contributed by atoms with Crippen LogP contribution >= 0.6 is 0 Å². The van der Waals surface area contributed by atoms with Gasteiger partial charge in [0.2, 0.25) is 0 Å². The topological polar surface area (TPSA) is 63.1 Å². The third-order valence-corrected chi connectivity index (χ3v) is 5.36. The van der Waals surface area contributed by atoms with E-state index in [-0.39, 0.29) is 6.03 Å². The van der Waals surface area contributed by atoms with Crippen molar-refractivity contribution in [3.05, 3.63) is 11.9 Å². The van der Waals surface area contributed by atoms with Crippen LogP contribution in [0.3, 0.4) is 0 Å². The van der Waals surface area contributed by atoms with E-state index in [2.05, 4.69) is 15.6 Å². The lowest BCUT2D eigenvalue weighted by Crippen LogP contribution is -2.47. The van der Waals surface area contributed by atoms with E-state index in [4.69, 9.17) is 0 Å². The quantitative estimate of drug-likeness (QED) is 0.933. The van der Waals surface area contributed by atoms with Crippen molar-refractivity contribution in [2.45, 2.75) is 65.0 Å². The van der Waals surface area contributed by atoms with Crippen LogP contribution in [-0.2, 0) is 13.1 Å². The van der Waals surface area contributed by atoms with Gasteiger partial charge in [-0.05, 0) is 38.0 Å². The van der Waals surface area contributed by atoms with Crippen LogP contribution < -0.4 is 5.32 Å². The van der Waals surface area contributed by atoms with Gasteiger partial charge in [0, 0.05) is 19.6 Å². The molecule has 1 aromatic heterocycles. The number of aromatic nitrogens is 3. The molecule has 3 rings (SSSR count). The number of rotatable bonds is 3. The van der Waals surface area contributed by atoms with Crippen molar-refractivity contribution in [3.8, 4) is 0 Å². The van der Waals surface area contributed by atoms with E-state index in [9.17, 15) is 4.79 Å². The fourth-order valence-electron chi connectivity index (χ4n) is 3.84. The Labute approximate surface area is 132 Å². The second kappa shape index (κ2) is 6.67. The number of carbonyl (C=O) groups is 1. The summed E-state index contributed by atoms with van der Waals surface area (Å²) in [5, 5.41) is 11.0. The first kappa shape index (κ1) is 15.3. The lowest BCUT2D eigenvalue weighted by molar-refractivity contribution is 0.0811. The molecule has 1 aromatic rings. The molecular formula is C16H27N5O. The SMILES string of the molecule is CCn1cc(CNC(=O)N2CCC3(CCCCC3)CC2)nn1. The van der Waals surface area contributed by atoms with E-state index in [0.29, 0.717) is 12.0 Å². The smallest absolute Gasteiger partial charge is 0.317 e. The van der Waals surface area contributed by atoms with Gasteiger partial charge in [-0.15, -0.1) is 5.10 Å². The van der Waals surface area contributed by atoms with Crippen molar-refractivity contribution in [1.29, 1.82) is 0 Å². The molecule has 1 spiro atoms. The Hall–Kier alpha value is -1.59. The highest BCUT2D eigenvalue weighted by atomic mass is 16.2. The minimum absolute atomic E-state index is 0.0386. The summed E-state index contributed by atoms with van der Waals surface area (Å²) in [4.78, 5) is 14.2. The number of piperidine rings is 1. The molecule has 0 radical (unpaired) electrons. The summed E-state index contributed by atoms with van der Waals surface area (Å²) in [7, 11) is 0. The summed E-state index contributed by atoms with van der Waals surface area (Å²) in [5.74, 6) is 0.